The fourth-order valence-electron chi connectivity index (χ4n) is 2.87. The summed E-state index contributed by atoms with van der Waals surface area (Å²) in [5.41, 5.74) is 2.03. The normalized spacial score (nSPS) is 10.8. The number of nitrogens with zero attached hydrogens (tertiary/aromatic N) is 3. The Bertz CT molecular complexity index is 1100. The van der Waals surface area contributed by atoms with E-state index in [1.165, 1.54) is 11.8 Å². The minimum absolute atomic E-state index is 0.0119. The second-order valence-corrected chi connectivity index (χ2v) is 8.57. The molecular formula is C23H24ClN5O3S. The Morgan fingerprint density at radius 3 is 2.64 bits per heavy atom. The zero-order chi connectivity index (χ0) is 23.6. The number of anilines is 2. The number of carbonyl (C=O) groups is 2. The number of benzene rings is 1. The van der Waals surface area contributed by atoms with Gasteiger partial charge in [0.15, 0.2) is 0 Å². The van der Waals surface area contributed by atoms with E-state index in [4.69, 9.17) is 16.7 Å². The predicted octanol–water partition coefficient (Wildman–Crippen LogP) is 3.54. The van der Waals surface area contributed by atoms with Gasteiger partial charge in [0, 0.05) is 35.4 Å². The first kappa shape index (κ1) is 24.7. The highest BCUT2D eigenvalue weighted by atomic mass is 35.5. The van der Waals surface area contributed by atoms with Crippen molar-refractivity contribution in [3.05, 3.63) is 77.1 Å². The highest BCUT2D eigenvalue weighted by Crippen LogP contribution is 2.26. The number of hydrogen-bond acceptors (Lipinski definition) is 7. The minimum atomic E-state index is -0.261. The Hall–Kier alpha value is -2.98. The van der Waals surface area contributed by atoms with Gasteiger partial charge < -0.3 is 15.7 Å². The molecule has 0 bridgehead atoms. The largest absolute Gasteiger partial charge is 0.395 e. The van der Waals surface area contributed by atoms with Crippen molar-refractivity contribution in [1.82, 2.24) is 14.9 Å². The highest BCUT2D eigenvalue weighted by molar-refractivity contribution is 7.98. The lowest BCUT2D eigenvalue weighted by atomic mass is 10.2. The van der Waals surface area contributed by atoms with Crippen LogP contribution in [0.5, 0.6) is 0 Å². The maximum Gasteiger partial charge on any atom is 0.258 e. The number of thioether (sulfide) groups is 1. The van der Waals surface area contributed by atoms with Gasteiger partial charge in [-0.3, -0.25) is 14.5 Å². The first-order chi connectivity index (χ1) is 15.9. The summed E-state index contributed by atoms with van der Waals surface area (Å²) in [7, 11) is 1.75. The zero-order valence-electron chi connectivity index (χ0n) is 18.0. The van der Waals surface area contributed by atoms with Gasteiger partial charge in [0.1, 0.15) is 10.8 Å². The van der Waals surface area contributed by atoms with Crippen LogP contribution < -0.4 is 10.6 Å². The van der Waals surface area contributed by atoms with Crippen LogP contribution in [0.2, 0.25) is 5.02 Å². The van der Waals surface area contributed by atoms with Gasteiger partial charge in [0.25, 0.3) is 5.91 Å². The molecular weight excluding hydrogens is 462 g/mol. The smallest absolute Gasteiger partial charge is 0.258 e. The summed E-state index contributed by atoms with van der Waals surface area (Å²) < 4.78 is 0. The third-order valence-corrected chi connectivity index (χ3v) is 5.81. The van der Waals surface area contributed by atoms with E-state index in [-0.39, 0.29) is 25.0 Å². The molecule has 0 aliphatic rings. The summed E-state index contributed by atoms with van der Waals surface area (Å²) in [6.45, 7) is 0.554. The van der Waals surface area contributed by atoms with Crippen LogP contribution in [0.4, 0.5) is 11.5 Å². The summed E-state index contributed by atoms with van der Waals surface area (Å²) in [6, 6.07) is 14.0. The van der Waals surface area contributed by atoms with E-state index >= 15 is 0 Å². The number of amides is 2. The van der Waals surface area contributed by atoms with Gasteiger partial charge >= 0.3 is 0 Å². The molecule has 0 unspecified atom stereocenters. The van der Waals surface area contributed by atoms with Crippen LogP contribution in [0.15, 0.2) is 66.0 Å². The topological polar surface area (TPSA) is 107 Å². The van der Waals surface area contributed by atoms with Crippen LogP contribution >= 0.6 is 23.4 Å². The van der Waals surface area contributed by atoms with Gasteiger partial charge in [0.2, 0.25) is 5.91 Å². The zero-order valence-corrected chi connectivity index (χ0v) is 19.6. The van der Waals surface area contributed by atoms with Gasteiger partial charge in [-0.25, -0.2) is 9.97 Å². The van der Waals surface area contributed by atoms with Crippen molar-refractivity contribution in [2.24, 2.45) is 0 Å². The number of hydrogen-bond donors (Lipinski definition) is 3. The quantitative estimate of drug-likeness (QED) is 0.377. The molecule has 10 heteroatoms. The fraction of sp³-hybridized carbons (Fsp3) is 0.217. The number of carbonyl (C=O) groups excluding carboxylic acids is 2. The highest BCUT2D eigenvalue weighted by Gasteiger charge is 2.14. The number of rotatable bonds is 10. The van der Waals surface area contributed by atoms with Crippen molar-refractivity contribution in [1.29, 1.82) is 0 Å². The Balaban J connectivity index is 1.62. The summed E-state index contributed by atoms with van der Waals surface area (Å²) in [5, 5.41) is 15.7. The molecule has 0 aliphatic heterocycles. The Kier molecular flexibility index (Phi) is 9.20. The van der Waals surface area contributed by atoms with E-state index in [0.29, 0.717) is 39.4 Å². The number of likely N-dealkylation sites (N-methyl/N-ethyl adjacent to an activating group) is 1. The van der Waals surface area contributed by atoms with Crippen molar-refractivity contribution in [3.8, 4) is 0 Å². The molecule has 3 N–H and O–H groups in total. The first-order valence-electron chi connectivity index (χ1n) is 10.1. The van der Waals surface area contributed by atoms with Gasteiger partial charge in [-0.05, 0) is 61.1 Å². The number of aromatic nitrogens is 2. The number of halogens is 1. The molecule has 2 heterocycles. The second-order valence-electron chi connectivity index (χ2n) is 7.16. The number of nitrogens with one attached hydrogen (secondary N) is 2. The van der Waals surface area contributed by atoms with Crippen LogP contribution in [-0.4, -0.2) is 58.5 Å². The Morgan fingerprint density at radius 2 is 1.88 bits per heavy atom. The molecule has 2 amide bonds. The maximum atomic E-state index is 12.8. The Labute approximate surface area is 201 Å². The standard InChI is InChI=1S/C23H24ClN5O3S/c1-29(11-12-30)14-21(31)28-20-13-16(8-10-25-20)15-33-23-19(3-2-9-26-23)22(32)27-18-6-4-17(24)5-7-18/h2-10,13,30H,11-12,14-15H2,1H3,(H,27,32)(H,25,28,31). The van der Waals surface area contributed by atoms with E-state index in [1.54, 1.807) is 66.8 Å². The molecule has 3 aromatic rings. The van der Waals surface area contributed by atoms with Crippen LogP contribution in [0.25, 0.3) is 0 Å². The molecule has 1 aromatic carbocycles. The lowest BCUT2D eigenvalue weighted by Gasteiger charge is -2.14. The summed E-state index contributed by atoms with van der Waals surface area (Å²) >= 11 is 7.32. The van der Waals surface area contributed by atoms with E-state index in [9.17, 15) is 9.59 Å². The van der Waals surface area contributed by atoms with Crippen LogP contribution in [0.1, 0.15) is 15.9 Å². The van der Waals surface area contributed by atoms with E-state index in [2.05, 4.69) is 20.6 Å². The van der Waals surface area contributed by atoms with Crippen LogP contribution in [0.3, 0.4) is 0 Å². The molecule has 2 aromatic heterocycles. The maximum absolute atomic E-state index is 12.8. The molecule has 0 radical (unpaired) electrons. The van der Waals surface area contributed by atoms with E-state index in [0.717, 1.165) is 5.56 Å². The molecule has 0 saturated heterocycles. The summed E-state index contributed by atoms with van der Waals surface area (Å²) in [6.07, 6.45) is 3.26. The number of pyridine rings is 2. The molecule has 3 rings (SSSR count). The van der Waals surface area contributed by atoms with Crippen molar-refractivity contribution >= 4 is 46.7 Å². The Morgan fingerprint density at radius 1 is 1.09 bits per heavy atom. The molecule has 0 spiro atoms. The van der Waals surface area contributed by atoms with Crippen molar-refractivity contribution < 1.29 is 14.7 Å². The third-order valence-electron chi connectivity index (χ3n) is 4.48. The molecule has 0 fully saturated rings. The average molecular weight is 486 g/mol. The number of aliphatic hydroxyl groups is 1. The van der Waals surface area contributed by atoms with Gasteiger partial charge in [-0.15, -0.1) is 11.8 Å². The summed E-state index contributed by atoms with van der Waals surface area (Å²) in [4.78, 5) is 35.2. The molecule has 8 nitrogen and oxygen atoms in total. The second kappa shape index (κ2) is 12.3. The molecule has 0 aliphatic carbocycles. The van der Waals surface area contributed by atoms with Crippen molar-refractivity contribution in [3.63, 3.8) is 0 Å². The molecule has 172 valence electrons. The van der Waals surface area contributed by atoms with Crippen LogP contribution in [0, 0.1) is 0 Å². The van der Waals surface area contributed by atoms with Crippen molar-refractivity contribution in [2.75, 3.05) is 37.4 Å². The molecule has 33 heavy (non-hydrogen) atoms. The SMILES string of the molecule is CN(CCO)CC(=O)Nc1cc(CSc2ncccc2C(=O)Nc2ccc(Cl)cc2)ccn1. The van der Waals surface area contributed by atoms with Gasteiger partial charge in [-0.2, -0.15) is 0 Å². The van der Waals surface area contributed by atoms with E-state index < -0.39 is 0 Å². The third kappa shape index (κ3) is 7.83. The first-order valence-corrected chi connectivity index (χ1v) is 11.5. The van der Waals surface area contributed by atoms with Crippen molar-refractivity contribution in [2.45, 2.75) is 10.8 Å². The molecule has 0 saturated carbocycles. The predicted molar refractivity (Wildman–Crippen MR) is 131 cm³/mol. The van der Waals surface area contributed by atoms with E-state index in [1.807, 2.05) is 6.07 Å². The summed E-state index contributed by atoms with van der Waals surface area (Å²) in [5.74, 6) is 0.502. The van der Waals surface area contributed by atoms with Gasteiger partial charge in [-0.1, -0.05) is 11.6 Å². The average Bonchev–Trinajstić information content (AvgIpc) is 2.79. The van der Waals surface area contributed by atoms with Gasteiger partial charge in [0.05, 0.1) is 18.7 Å². The van der Waals surface area contributed by atoms with Crippen LogP contribution in [-0.2, 0) is 10.5 Å². The lowest BCUT2D eigenvalue weighted by Crippen LogP contribution is -2.32. The molecule has 0 atom stereocenters. The fourth-order valence-corrected chi connectivity index (χ4v) is 3.93. The minimum Gasteiger partial charge on any atom is -0.395 e. The monoisotopic (exact) mass is 485 g/mol. The number of aliphatic hydroxyl groups excluding tert-OH is 1. The lowest BCUT2D eigenvalue weighted by molar-refractivity contribution is -0.117.